The van der Waals surface area contributed by atoms with E-state index in [4.69, 9.17) is 5.73 Å². The molecule has 2 aliphatic rings. The normalized spacial score (nSPS) is 25.5. The molecule has 3 heteroatoms. The number of nitrogens with zero attached hydrogens (tertiary/aromatic N) is 1. The Labute approximate surface area is 79.3 Å². The molecule has 2 rings (SSSR count). The predicted molar refractivity (Wildman–Crippen MR) is 51.0 cm³/mol. The summed E-state index contributed by atoms with van der Waals surface area (Å²) < 4.78 is 0. The second-order valence-electron chi connectivity index (χ2n) is 4.42. The highest BCUT2D eigenvalue weighted by atomic mass is 16.2. The Hall–Kier alpha value is -0.570. The predicted octanol–water partition coefficient (Wildman–Crippen LogP) is 0.450. The monoisotopic (exact) mass is 182 g/mol. The van der Waals surface area contributed by atoms with Crippen LogP contribution in [0.1, 0.15) is 19.8 Å². The van der Waals surface area contributed by atoms with Crippen molar-refractivity contribution in [2.75, 3.05) is 19.6 Å². The van der Waals surface area contributed by atoms with E-state index in [0.717, 1.165) is 25.6 Å². The highest BCUT2D eigenvalue weighted by Gasteiger charge is 2.41. The molecule has 0 aromatic heterocycles. The maximum absolute atomic E-state index is 11.0. The van der Waals surface area contributed by atoms with E-state index in [2.05, 4.69) is 0 Å². The number of amides is 1. The molecule has 1 aliphatic carbocycles. The third-order valence-corrected chi connectivity index (χ3v) is 3.46. The van der Waals surface area contributed by atoms with Gasteiger partial charge < -0.3 is 10.6 Å². The molecule has 1 amide bonds. The average molecular weight is 182 g/mol. The van der Waals surface area contributed by atoms with Gasteiger partial charge in [0.1, 0.15) is 0 Å². The lowest BCUT2D eigenvalue weighted by Crippen LogP contribution is -2.53. The molecule has 1 unspecified atom stereocenters. The van der Waals surface area contributed by atoms with E-state index in [-0.39, 0.29) is 5.91 Å². The molecule has 0 aromatic rings. The van der Waals surface area contributed by atoms with Crippen molar-refractivity contribution in [2.24, 2.45) is 23.5 Å². The van der Waals surface area contributed by atoms with Crippen LogP contribution in [0.15, 0.2) is 0 Å². The van der Waals surface area contributed by atoms with Crippen molar-refractivity contribution in [1.29, 1.82) is 0 Å². The summed E-state index contributed by atoms with van der Waals surface area (Å²) in [5.41, 5.74) is 5.74. The fourth-order valence-electron chi connectivity index (χ4n) is 2.33. The van der Waals surface area contributed by atoms with Crippen LogP contribution in [0.5, 0.6) is 0 Å². The maximum Gasteiger partial charge on any atom is 0.219 e. The van der Waals surface area contributed by atoms with Crippen LogP contribution in [0.2, 0.25) is 0 Å². The van der Waals surface area contributed by atoms with Crippen LogP contribution in [0.4, 0.5) is 0 Å². The fraction of sp³-hybridized carbons (Fsp3) is 0.900. The van der Waals surface area contributed by atoms with Crippen LogP contribution in [-0.4, -0.2) is 30.4 Å². The number of rotatable bonds is 3. The lowest BCUT2D eigenvalue weighted by atomic mass is 9.82. The molecule has 1 saturated carbocycles. The molecular formula is C10H18N2O. The molecule has 1 atom stereocenters. The molecule has 2 fully saturated rings. The topological polar surface area (TPSA) is 46.3 Å². The third-order valence-electron chi connectivity index (χ3n) is 3.46. The van der Waals surface area contributed by atoms with Crippen molar-refractivity contribution >= 4 is 5.91 Å². The second kappa shape index (κ2) is 3.29. The van der Waals surface area contributed by atoms with Crippen LogP contribution in [0, 0.1) is 17.8 Å². The van der Waals surface area contributed by atoms with E-state index in [0.29, 0.717) is 11.8 Å². The zero-order valence-corrected chi connectivity index (χ0v) is 8.20. The molecule has 0 spiro atoms. The minimum atomic E-state index is 0.211. The summed E-state index contributed by atoms with van der Waals surface area (Å²) in [5, 5.41) is 0. The number of nitrogens with two attached hydrogens (primary N) is 1. The Balaban J connectivity index is 1.80. The van der Waals surface area contributed by atoms with Crippen molar-refractivity contribution in [2.45, 2.75) is 19.8 Å². The zero-order chi connectivity index (χ0) is 9.42. The number of likely N-dealkylation sites (tertiary alicyclic amines) is 1. The summed E-state index contributed by atoms with van der Waals surface area (Å²) in [6.45, 7) is 4.35. The first-order valence-corrected chi connectivity index (χ1v) is 5.18. The first-order valence-electron chi connectivity index (χ1n) is 5.18. The number of carbonyl (C=O) groups excluding carboxylic acids is 1. The first-order chi connectivity index (χ1) is 6.22. The molecule has 1 saturated heterocycles. The lowest BCUT2D eigenvalue weighted by molar-refractivity contribution is -0.136. The van der Waals surface area contributed by atoms with Gasteiger partial charge in [0.25, 0.3) is 0 Å². The lowest BCUT2D eigenvalue weighted by Gasteiger charge is -2.43. The summed E-state index contributed by atoms with van der Waals surface area (Å²) in [6, 6.07) is 0. The van der Waals surface area contributed by atoms with Crippen molar-refractivity contribution in [3.05, 3.63) is 0 Å². The SMILES string of the molecule is CC(=O)N1CC(C(CN)C2CC2)C1. The summed E-state index contributed by atoms with van der Waals surface area (Å²) in [4.78, 5) is 12.9. The summed E-state index contributed by atoms with van der Waals surface area (Å²) >= 11 is 0. The van der Waals surface area contributed by atoms with Gasteiger partial charge in [-0.15, -0.1) is 0 Å². The first kappa shape index (κ1) is 9.00. The highest BCUT2D eigenvalue weighted by Crippen LogP contribution is 2.42. The van der Waals surface area contributed by atoms with E-state index in [1.54, 1.807) is 6.92 Å². The van der Waals surface area contributed by atoms with Gasteiger partial charge in [0.15, 0.2) is 0 Å². The van der Waals surface area contributed by atoms with E-state index < -0.39 is 0 Å². The van der Waals surface area contributed by atoms with Gasteiger partial charge in [-0.3, -0.25) is 4.79 Å². The molecule has 1 aliphatic heterocycles. The van der Waals surface area contributed by atoms with E-state index in [9.17, 15) is 4.79 Å². The van der Waals surface area contributed by atoms with Gasteiger partial charge >= 0.3 is 0 Å². The molecule has 0 radical (unpaired) electrons. The molecule has 0 bridgehead atoms. The zero-order valence-electron chi connectivity index (χ0n) is 8.20. The minimum Gasteiger partial charge on any atom is -0.342 e. The van der Waals surface area contributed by atoms with Crippen LogP contribution in [0.3, 0.4) is 0 Å². The average Bonchev–Trinajstić information content (AvgIpc) is 2.76. The van der Waals surface area contributed by atoms with Gasteiger partial charge in [-0.25, -0.2) is 0 Å². The van der Waals surface area contributed by atoms with Crippen LogP contribution in [-0.2, 0) is 4.79 Å². The van der Waals surface area contributed by atoms with Gasteiger partial charge in [0.2, 0.25) is 5.91 Å². The molecule has 74 valence electrons. The highest BCUT2D eigenvalue weighted by molar-refractivity contribution is 5.74. The summed E-state index contributed by atoms with van der Waals surface area (Å²) in [5.74, 6) is 2.48. The molecule has 0 aromatic carbocycles. The smallest absolute Gasteiger partial charge is 0.219 e. The number of hydrogen-bond donors (Lipinski definition) is 1. The Bertz CT molecular complexity index is 207. The van der Waals surface area contributed by atoms with Crippen molar-refractivity contribution in [1.82, 2.24) is 4.90 Å². The largest absolute Gasteiger partial charge is 0.342 e. The van der Waals surface area contributed by atoms with Crippen LogP contribution < -0.4 is 5.73 Å². The maximum atomic E-state index is 11.0. The Morgan fingerprint density at radius 1 is 1.46 bits per heavy atom. The Kier molecular flexibility index (Phi) is 2.28. The van der Waals surface area contributed by atoms with Gasteiger partial charge in [0, 0.05) is 20.0 Å². The Morgan fingerprint density at radius 2 is 2.08 bits per heavy atom. The fourth-order valence-corrected chi connectivity index (χ4v) is 2.33. The van der Waals surface area contributed by atoms with Gasteiger partial charge in [-0.1, -0.05) is 0 Å². The second-order valence-corrected chi connectivity index (χ2v) is 4.42. The van der Waals surface area contributed by atoms with E-state index in [1.165, 1.54) is 12.8 Å². The van der Waals surface area contributed by atoms with Gasteiger partial charge in [-0.05, 0) is 37.1 Å². The summed E-state index contributed by atoms with van der Waals surface area (Å²) in [6.07, 6.45) is 2.72. The molecular weight excluding hydrogens is 164 g/mol. The van der Waals surface area contributed by atoms with Crippen LogP contribution >= 0.6 is 0 Å². The van der Waals surface area contributed by atoms with Crippen molar-refractivity contribution in [3.8, 4) is 0 Å². The summed E-state index contributed by atoms with van der Waals surface area (Å²) in [7, 11) is 0. The van der Waals surface area contributed by atoms with Crippen LogP contribution in [0.25, 0.3) is 0 Å². The van der Waals surface area contributed by atoms with Crippen molar-refractivity contribution in [3.63, 3.8) is 0 Å². The van der Waals surface area contributed by atoms with Gasteiger partial charge in [0.05, 0.1) is 0 Å². The molecule has 3 nitrogen and oxygen atoms in total. The third kappa shape index (κ3) is 1.70. The van der Waals surface area contributed by atoms with Crippen molar-refractivity contribution < 1.29 is 4.79 Å². The van der Waals surface area contributed by atoms with E-state index in [1.807, 2.05) is 4.90 Å². The standard InChI is InChI=1S/C10H18N2O/c1-7(13)12-5-9(6-12)10(4-11)8-2-3-8/h8-10H,2-6,11H2,1H3. The molecule has 2 N–H and O–H groups in total. The minimum absolute atomic E-state index is 0.211. The molecule has 13 heavy (non-hydrogen) atoms. The quantitative estimate of drug-likeness (QED) is 0.689. The van der Waals surface area contributed by atoms with E-state index >= 15 is 0 Å². The number of carbonyl (C=O) groups is 1. The Morgan fingerprint density at radius 3 is 2.46 bits per heavy atom. The van der Waals surface area contributed by atoms with Gasteiger partial charge in [-0.2, -0.15) is 0 Å². The molecule has 1 heterocycles. The number of hydrogen-bond acceptors (Lipinski definition) is 2.